The van der Waals surface area contributed by atoms with Crippen molar-refractivity contribution in [1.29, 1.82) is 0 Å². The molecular weight excluding hydrogens is 295 g/mol. The zero-order valence-electron chi connectivity index (χ0n) is 4.44. The molecule has 0 saturated carbocycles. The van der Waals surface area contributed by atoms with Crippen molar-refractivity contribution in [2.75, 3.05) is 0 Å². The molecule has 0 atom stereocenters. The van der Waals surface area contributed by atoms with Crippen molar-refractivity contribution >= 4 is 38.5 Å². The molecule has 0 aromatic heterocycles. The van der Waals surface area contributed by atoms with Crippen LogP contribution in [0.15, 0.2) is 22.7 Å². The predicted octanol–water partition coefficient (Wildman–Crippen LogP) is 2.76. The maximum atomic E-state index is 8.96. The summed E-state index contributed by atoms with van der Waals surface area (Å²) in [6, 6.07) is 5.29. The second-order valence-electron chi connectivity index (χ2n) is 1.63. The third-order valence-electron chi connectivity index (χ3n) is 0.847. The first-order valence-corrected chi connectivity index (χ1v) is 4.21. The molecule has 0 spiro atoms. The van der Waals surface area contributed by atoms with Crippen LogP contribution in [0.5, 0.6) is 5.75 Å². The highest BCUT2D eigenvalue weighted by molar-refractivity contribution is 14.1. The van der Waals surface area contributed by atoms with E-state index in [9.17, 15) is 0 Å². The van der Waals surface area contributed by atoms with Gasteiger partial charge in [0.1, 0.15) is 5.75 Å². The molecule has 0 aliphatic rings. The van der Waals surface area contributed by atoms with Gasteiger partial charge in [-0.25, -0.2) is 0 Å². The molecule has 1 aromatic rings. The summed E-state index contributed by atoms with van der Waals surface area (Å²) in [5.74, 6) is 0.300. The molecule has 0 heterocycles. The van der Waals surface area contributed by atoms with Crippen LogP contribution in [0.1, 0.15) is 0 Å². The maximum Gasteiger partial charge on any atom is 0.117 e. The van der Waals surface area contributed by atoms with Crippen LogP contribution in [0.25, 0.3) is 0 Å². The van der Waals surface area contributed by atoms with E-state index in [1.807, 2.05) is 6.07 Å². The van der Waals surface area contributed by atoms with Crippen LogP contribution in [-0.2, 0) is 0 Å². The zero-order valence-corrected chi connectivity index (χ0v) is 8.18. The van der Waals surface area contributed by atoms with Crippen molar-refractivity contribution in [2.45, 2.75) is 0 Å². The minimum Gasteiger partial charge on any atom is -0.508 e. The Morgan fingerprint density at radius 3 is 2.44 bits per heavy atom. The van der Waals surface area contributed by atoms with Crippen molar-refractivity contribution in [3.8, 4) is 5.75 Å². The molecule has 9 heavy (non-hydrogen) atoms. The van der Waals surface area contributed by atoms with Gasteiger partial charge in [-0.3, -0.25) is 0 Å². The fraction of sp³-hybridized carbons (Fsp3) is 0. The van der Waals surface area contributed by atoms with Gasteiger partial charge in [-0.1, -0.05) is 15.9 Å². The molecule has 1 nitrogen and oxygen atoms in total. The van der Waals surface area contributed by atoms with E-state index in [2.05, 4.69) is 38.5 Å². The Labute approximate surface area is 75.4 Å². The lowest BCUT2D eigenvalue weighted by molar-refractivity contribution is 0.474. The third kappa shape index (κ3) is 2.14. The molecule has 3 heteroatoms. The van der Waals surface area contributed by atoms with Crippen LogP contribution in [0, 0.1) is 3.57 Å². The maximum absolute atomic E-state index is 8.96. The Balaban J connectivity index is 3.17. The molecule has 1 N–H and O–H groups in total. The highest BCUT2D eigenvalue weighted by Gasteiger charge is 1.92. The lowest BCUT2D eigenvalue weighted by Gasteiger charge is -1.93. The van der Waals surface area contributed by atoms with Crippen LogP contribution < -0.4 is 0 Å². The lowest BCUT2D eigenvalue weighted by Crippen LogP contribution is -1.70. The van der Waals surface area contributed by atoms with Gasteiger partial charge in [0.15, 0.2) is 0 Å². The monoisotopic (exact) mass is 298 g/mol. The number of hydrogen-bond donors (Lipinski definition) is 1. The van der Waals surface area contributed by atoms with Crippen LogP contribution in [-0.4, -0.2) is 5.11 Å². The summed E-state index contributed by atoms with van der Waals surface area (Å²) < 4.78 is 1.94. The predicted molar refractivity (Wildman–Crippen MR) is 48.5 cm³/mol. The quantitative estimate of drug-likeness (QED) is 0.730. The van der Waals surface area contributed by atoms with Gasteiger partial charge in [0.05, 0.1) is 0 Å². The Morgan fingerprint density at radius 1 is 1.33 bits per heavy atom. The molecule has 0 fully saturated rings. The van der Waals surface area contributed by atoms with E-state index in [0.29, 0.717) is 5.75 Å². The number of halogens is 2. The number of aromatic hydroxyl groups is 1. The molecule has 0 amide bonds. The smallest absolute Gasteiger partial charge is 0.117 e. The molecule has 1 rings (SSSR count). The molecule has 0 aliphatic carbocycles. The third-order valence-corrected chi connectivity index (χ3v) is 1.93. The van der Waals surface area contributed by atoms with Crippen molar-refractivity contribution in [1.82, 2.24) is 0 Å². The summed E-state index contributed by atoms with van der Waals surface area (Å²) in [5, 5.41) is 8.96. The fourth-order valence-electron chi connectivity index (χ4n) is 0.539. The van der Waals surface area contributed by atoms with Gasteiger partial charge in [0.2, 0.25) is 0 Å². The van der Waals surface area contributed by atoms with E-state index in [0.717, 1.165) is 8.04 Å². The Bertz CT molecular complexity index is 174. The standard InChI is InChI=1S/C6H4BrIO/c7-4-1-5(8)3-6(9)2-4/h1-3,9H. The van der Waals surface area contributed by atoms with Crippen molar-refractivity contribution in [3.63, 3.8) is 0 Å². The molecule has 48 valence electrons. The van der Waals surface area contributed by atoms with Crippen molar-refractivity contribution in [3.05, 3.63) is 26.2 Å². The summed E-state index contributed by atoms with van der Waals surface area (Å²) >= 11 is 5.39. The summed E-state index contributed by atoms with van der Waals surface area (Å²) in [6.07, 6.45) is 0. The van der Waals surface area contributed by atoms with E-state index < -0.39 is 0 Å². The van der Waals surface area contributed by atoms with Crippen LogP contribution >= 0.6 is 38.5 Å². The van der Waals surface area contributed by atoms with E-state index in [1.54, 1.807) is 12.1 Å². The molecule has 0 aliphatic heterocycles. The van der Waals surface area contributed by atoms with Gasteiger partial charge in [-0.2, -0.15) is 0 Å². The SMILES string of the molecule is Oc1cc(Br)cc(I)c1. The minimum absolute atomic E-state index is 0.300. The summed E-state index contributed by atoms with van der Waals surface area (Å²) in [5.41, 5.74) is 0. The van der Waals surface area contributed by atoms with Gasteiger partial charge in [-0.05, 0) is 40.8 Å². The Kier molecular flexibility index (Phi) is 2.35. The first-order valence-electron chi connectivity index (χ1n) is 2.33. The number of phenols is 1. The summed E-state index contributed by atoms with van der Waals surface area (Å²) in [4.78, 5) is 0. The Hall–Kier alpha value is 0.230. The van der Waals surface area contributed by atoms with Crippen LogP contribution in [0.4, 0.5) is 0 Å². The molecular formula is C6H4BrIO. The van der Waals surface area contributed by atoms with E-state index >= 15 is 0 Å². The number of benzene rings is 1. The van der Waals surface area contributed by atoms with Gasteiger partial charge in [0.25, 0.3) is 0 Å². The first kappa shape index (κ1) is 7.34. The molecule has 0 saturated heterocycles. The van der Waals surface area contributed by atoms with E-state index in [4.69, 9.17) is 5.11 Å². The van der Waals surface area contributed by atoms with E-state index in [-0.39, 0.29) is 0 Å². The first-order chi connectivity index (χ1) is 4.18. The minimum atomic E-state index is 0.300. The summed E-state index contributed by atoms with van der Waals surface area (Å²) in [7, 11) is 0. The highest BCUT2D eigenvalue weighted by atomic mass is 127. The van der Waals surface area contributed by atoms with Crippen LogP contribution in [0.2, 0.25) is 0 Å². The van der Waals surface area contributed by atoms with Crippen molar-refractivity contribution < 1.29 is 5.11 Å². The number of rotatable bonds is 0. The van der Waals surface area contributed by atoms with E-state index in [1.165, 1.54) is 0 Å². The fourth-order valence-corrected chi connectivity index (χ4v) is 2.10. The van der Waals surface area contributed by atoms with Crippen LogP contribution in [0.3, 0.4) is 0 Å². The van der Waals surface area contributed by atoms with Gasteiger partial charge in [-0.15, -0.1) is 0 Å². The Morgan fingerprint density at radius 2 is 2.00 bits per heavy atom. The second-order valence-corrected chi connectivity index (χ2v) is 3.79. The number of hydrogen-bond acceptors (Lipinski definition) is 1. The molecule has 0 bridgehead atoms. The normalized spacial score (nSPS) is 9.56. The van der Waals surface area contributed by atoms with Gasteiger partial charge < -0.3 is 5.11 Å². The zero-order chi connectivity index (χ0) is 6.85. The average molecular weight is 299 g/mol. The average Bonchev–Trinajstić information content (AvgIpc) is 1.59. The number of phenolic OH excluding ortho intramolecular Hbond substituents is 1. The highest BCUT2D eigenvalue weighted by Crippen LogP contribution is 2.20. The lowest BCUT2D eigenvalue weighted by atomic mass is 10.3. The molecule has 0 unspecified atom stereocenters. The largest absolute Gasteiger partial charge is 0.508 e. The second kappa shape index (κ2) is 2.88. The molecule has 1 aromatic carbocycles. The molecule has 0 radical (unpaired) electrons. The topological polar surface area (TPSA) is 20.2 Å². The van der Waals surface area contributed by atoms with Gasteiger partial charge in [0, 0.05) is 8.04 Å². The van der Waals surface area contributed by atoms with Crippen molar-refractivity contribution in [2.24, 2.45) is 0 Å². The van der Waals surface area contributed by atoms with Gasteiger partial charge >= 0.3 is 0 Å². The summed E-state index contributed by atoms with van der Waals surface area (Å²) in [6.45, 7) is 0.